The van der Waals surface area contributed by atoms with Crippen LogP contribution < -0.4 is 15.4 Å². The summed E-state index contributed by atoms with van der Waals surface area (Å²) in [7, 11) is 1.67. The Morgan fingerprint density at radius 3 is 2.57 bits per heavy atom. The molecule has 2 rings (SSSR count). The van der Waals surface area contributed by atoms with Gasteiger partial charge < -0.3 is 15.4 Å². The molecule has 0 saturated carbocycles. The minimum absolute atomic E-state index is 0.549. The van der Waals surface area contributed by atoms with Gasteiger partial charge in [-0.2, -0.15) is 10.1 Å². The highest BCUT2D eigenvalue weighted by molar-refractivity contribution is 5.37. The largest absolute Gasteiger partial charge is 0.497 e. The predicted molar refractivity (Wildman–Crippen MR) is 93.0 cm³/mol. The van der Waals surface area contributed by atoms with Gasteiger partial charge in [0.15, 0.2) is 0 Å². The third kappa shape index (κ3) is 6.10. The average Bonchev–Trinajstić information content (AvgIpc) is 2.56. The van der Waals surface area contributed by atoms with E-state index in [2.05, 4.69) is 51.8 Å². The second-order valence-electron chi connectivity index (χ2n) is 5.80. The molecule has 0 aliphatic rings. The van der Waals surface area contributed by atoms with Crippen molar-refractivity contribution in [2.24, 2.45) is 5.92 Å². The highest BCUT2D eigenvalue weighted by Gasteiger charge is 2.01. The first kappa shape index (κ1) is 17.0. The van der Waals surface area contributed by atoms with E-state index >= 15 is 0 Å². The Morgan fingerprint density at radius 2 is 1.87 bits per heavy atom. The molecule has 1 aromatic carbocycles. The fourth-order valence-electron chi connectivity index (χ4n) is 2.06. The van der Waals surface area contributed by atoms with Gasteiger partial charge in [0.2, 0.25) is 5.95 Å². The van der Waals surface area contributed by atoms with Crippen LogP contribution in [0.2, 0.25) is 0 Å². The number of methoxy groups -OCH3 is 1. The van der Waals surface area contributed by atoms with Crippen molar-refractivity contribution in [1.29, 1.82) is 0 Å². The molecule has 1 heterocycles. The zero-order chi connectivity index (χ0) is 16.5. The van der Waals surface area contributed by atoms with Crippen molar-refractivity contribution >= 4 is 11.8 Å². The molecule has 0 aliphatic heterocycles. The van der Waals surface area contributed by atoms with Crippen LogP contribution in [0.1, 0.15) is 25.8 Å². The molecule has 0 unspecified atom stereocenters. The van der Waals surface area contributed by atoms with Gasteiger partial charge in [-0.25, -0.2) is 0 Å². The Morgan fingerprint density at radius 1 is 1.09 bits per heavy atom. The van der Waals surface area contributed by atoms with Gasteiger partial charge in [-0.3, -0.25) is 0 Å². The first-order chi connectivity index (χ1) is 11.2. The maximum Gasteiger partial charge on any atom is 0.244 e. The summed E-state index contributed by atoms with van der Waals surface area (Å²) < 4.78 is 5.15. The van der Waals surface area contributed by atoms with Crippen molar-refractivity contribution in [2.45, 2.75) is 26.7 Å². The number of nitrogens with one attached hydrogen (secondary N) is 2. The zero-order valence-corrected chi connectivity index (χ0v) is 14.0. The number of ether oxygens (including phenoxy) is 1. The second kappa shape index (κ2) is 8.92. The van der Waals surface area contributed by atoms with E-state index in [1.165, 1.54) is 5.56 Å². The highest BCUT2D eigenvalue weighted by Crippen LogP contribution is 2.12. The molecule has 0 atom stereocenters. The summed E-state index contributed by atoms with van der Waals surface area (Å²) in [6, 6.07) is 8.05. The van der Waals surface area contributed by atoms with E-state index in [0.29, 0.717) is 11.9 Å². The quantitative estimate of drug-likeness (QED) is 0.741. The van der Waals surface area contributed by atoms with Gasteiger partial charge >= 0.3 is 0 Å². The Kier molecular flexibility index (Phi) is 6.59. The van der Waals surface area contributed by atoms with Crippen LogP contribution in [0.3, 0.4) is 0 Å². The third-order valence-electron chi connectivity index (χ3n) is 3.44. The summed E-state index contributed by atoms with van der Waals surface area (Å²) >= 11 is 0. The molecule has 0 radical (unpaired) electrons. The summed E-state index contributed by atoms with van der Waals surface area (Å²) in [6.45, 7) is 6.04. The fourth-order valence-corrected chi connectivity index (χ4v) is 2.06. The van der Waals surface area contributed by atoms with Crippen LogP contribution >= 0.6 is 0 Å². The number of hydrogen-bond acceptors (Lipinski definition) is 6. The Labute approximate surface area is 137 Å². The molecule has 23 heavy (non-hydrogen) atoms. The van der Waals surface area contributed by atoms with Crippen LogP contribution in [0.15, 0.2) is 30.5 Å². The molecule has 0 saturated heterocycles. The molecule has 124 valence electrons. The Balaban J connectivity index is 1.78. The van der Waals surface area contributed by atoms with E-state index in [0.717, 1.165) is 37.5 Å². The molecular weight excluding hydrogens is 290 g/mol. The van der Waals surface area contributed by atoms with Gasteiger partial charge in [0.1, 0.15) is 11.6 Å². The van der Waals surface area contributed by atoms with E-state index in [1.807, 2.05) is 12.1 Å². The standard InChI is InChI=1S/C17H25N5O/c1-13(2)8-10-18-16-12-20-22-17(21-16)19-11-9-14-4-6-15(23-3)7-5-14/h4-7,12-13H,8-11H2,1-3H3,(H2,18,19,21,22). The molecule has 0 aliphatic carbocycles. The lowest BCUT2D eigenvalue weighted by Crippen LogP contribution is -2.11. The molecule has 0 amide bonds. The number of aromatic nitrogens is 3. The summed E-state index contributed by atoms with van der Waals surface area (Å²) in [6.07, 6.45) is 3.64. The van der Waals surface area contributed by atoms with Crippen molar-refractivity contribution in [3.63, 3.8) is 0 Å². The second-order valence-corrected chi connectivity index (χ2v) is 5.80. The fraction of sp³-hybridized carbons (Fsp3) is 0.471. The van der Waals surface area contributed by atoms with Gasteiger partial charge in [0.05, 0.1) is 13.3 Å². The molecule has 0 fully saturated rings. The van der Waals surface area contributed by atoms with Crippen LogP contribution in [0, 0.1) is 5.92 Å². The smallest absolute Gasteiger partial charge is 0.244 e. The molecule has 2 aromatic rings. The van der Waals surface area contributed by atoms with Gasteiger partial charge in [-0.1, -0.05) is 26.0 Å². The van der Waals surface area contributed by atoms with Crippen LogP contribution in [0.4, 0.5) is 11.8 Å². The molecule has 2 N–H and O–H groups in total. The van der Waals surface area contributed by atoms with E-state index in [9.17, 15) is 0 Å². The topological polar surface area (TPSA) is 72.0 Å². The van der Waals surface area contributed by atoms with E-state index in [4.69, 9.17) is 4.74 Å². The lowest BCUT2D eigenvalue weighted by atomic mass is 10.1. The van der Waals surface area contributed by atoms with E-state index in [1.54, 1.807) is 13.3 Å². The molecule has 0 spiro atoms. The summed E-state index contributed by atoms with van der Waals surface area (Å²) in [4.78, 5) is 4.41. The minimum Gasteiger partial charge on any atom is -0.497 e. The lowest BCUT2D eigenvalue weighted by molar-refractivity contribution is 0.414. The molecule has 0 bridgehead atoms. The molecule has 6 heteroatoms. The molecule has 6 nitrogen and oxygen atoms in total. The van der Waals surface area contributed by atoms with Crippen molar-refractivity contribution in [3.05, 3.63) is 36.0 Å². The monoisotopic (exact) mass is 315 g/mol. The summed E-state index contributed by atoms with van der Waals surface area (Å²) in [5.74, 6) is 2.84. The van der Waals surface area contributed by atoms with Gasteiger partial charge in [0, 0.05) is 13.1 Å². The minimum atomic E-state index is 0.549. The number of anilines is 2. The SMILES string of the molecule is COc1ccc(CCNc2nncc(NCCC(C)C)n2)cc1. The van der Waals surface area contributed by atoms with Gasteiger partial charge in [-0.15, -0.1) is 5.10 Å². The Bertz CT molecular complexity index is 586. The highest BCUT2D eigenvalue weighted by atomic mass is 16.5. The summed E-state index contributed by atoms with van der Waals surface area (Å²) in [5.41, 5.74) is 1.23. The van der Waals surface area contributed by atoms with Crippen molar-refractivity contribution < 1.29 is 4.74 Å². The maximum atomic E-state index is 5.15. The normalized spacial score (nSPS) is 10.6. The van der Waals surface area contributed by atoms with Crippen molar-refractivity contribution in [2.75, 3.05) is 30.8 Å². The van der Waals surface area contributed by atoms with Gasteiger partial charge in [0.25, 0.3) is 0 Å². The maximum absolute atomic E-state index is 5.15. The van der Waals surface area contributed by atoms with Crippen LogP contribution in [-0.2, 0) is 6.42 Å². The number of nitrogens with zero attached hydrogens (tertiary/aromatic N) is 3. The number of hydrogen-bond donors (Lipinski definition) is 2. The van der Waals surface area contributed by atoms with Crippen LogP contribution in [0.5, 0.6) is 5.75 Å². The van der Waals surface area contributed by atoms with Crippen LogP contribution in [0.25, 0.3) is 0 Å². The van der Waals surface area contributed by atoms with Gasteiger partial charge in [-0.05, 0) is 36.5 Å². The first-order valence-electron chi connectivity index (χ1n) is 7.98. The third-order valence-corrected chi connectivity index (χ3v) is 3.44. The number of rotatable bonds is 9. The average molecular weight is 315 g/mol. The van der Waals surface area contributed by atoms with Crippen molar-refractivity contribution in [1.82, 2.24) is 15.2 Å². The summed E-state index contributed by atoms with van der Waals surface area (Å²) in [5, 5.41) is 14.5. The molecular formula is C17H25N5O. The van der Waals surface area contributed by atoms with Crippen LogP contribution in [-0.4, -0.2) is 35.4 Å². The first-order valence-corrected chi connectivity index (χ1v) is 7.98. The number of benzene rings is 1. The predicted octanol–water partition coefficient (Wildman–Crippen LogP) is 2.99. The van der Waals surface area contributed by atoms with E-state index in [-0.39, 0.29) is 0 Å². The molecule has 1 aromatic heterocycles. The zero-order valence-electron chi connectivity index (χ0n) is 14.0. The van der Waals surface area contributed by atoms with Crippen molar-refractivity contribution in [3.8, 4) is 5.75 Å². The van der Waals surface area contributed by atoms with E-state index < -0.39 is 0 Å². The Hall–Kier alpha value is -2.37. The lowest BCUT2D eigenvalue weighted by Gasteiger charge is -2.09.